The summed E-state index contributed by atoms with van der Waals surface area (Å²) in [6.07, 6.45) is 6.33. The van der Waals surface area contributed by atoms with Gasteiger partial charge in [0.15, 0.2) is 5.82 Å². The summed E-state index contributed by atoms with van der Waals surface area (Å²) in [7, 11) is 0. The number of fused-ring (bicyclic) bond motifs is 3. The minimum absolute atomic E-state index is 0.113. The van der Waals surface area contributed by atoms with E-state index in [1.54, 1.807) is 17.4 Å². The molecule has 1 aliphatic carbocycles. The number of unbranched alkanes of at least 4 members (excludes halogenated alkanes) is 1. The molecule has 176 valence electrons. The Morgan fingerprint density at radius 1 is 1.18 bits per heavy atom. The number of rotatable bonds is 10. The van der Waals surface area contributed by atoms with Crippen LogP contribution in [0.3, 0.4) is 0 Å². The van der Waals surface area contributed by atoms with Crippen molar-refractivity contribution in [1.82, 2.24) is 9.97 Å². The van der Waals surface area contributed by atoms with Crippen LogP contribution in [0.4, 0.5) is 5.82 Å². The fourth-order valence-electron chi connectivity index (χ4n) is 3.83. The Morgan fingerprint density at radius 2 is 2.03 bits per heavy atom. The lowest BCUT2D eigenvalue weighted by Gasteiger charge is -2.14. The lowest BCUT2D eigenvalue weighted by Crippen LogP contribution is -2.14. The van der Waals surface area contributed by atoms with Crippen molar-refractivity contribution in [2.24, 2.45) is 0 Å². The SMILES string of the molecule is CCCCOC(=O)COCc1nc(NCc2ccc(Cl)c(Cl)c2)c2c3c(sc2n1)CCCC3. The van der Waals surface area contributed by atoms with E-state index in [2.05, 4.69) is 5.32 Å². The van der Waals surface area contributed by atoms with E-state index in [1.165, 1.54) is 23.3 Å². The summed E-state index contributed by atoms with van der Waals surface area (Å²) >= 11 is 14.0. The number of carbonyl (C=O) groups excluding carboxylic acids is 1. The van der Waals surface area contributed by atoms with Crippen molar-refractivity contribution in [3.63, 3.8) is 0 Å². The van der Waals surface area contributed by atoms with Gasteiger partial charge in [0, 0.05) is 11.4 Å². The second-order valence-electron chi connectivity index (χ2n) is 8.05. The summed E-state index contributed by atoms with van der Waals surface area (Å²) in [4.78, 5) is 23.7. The molecule has 0 aliphatic heterocycles. The Labute approximate surface area is 207 Å². The summed E-state index contributed by atoms with van der Waals surface area (Å²) in [6, 6.07) is 5.59. The summed E-state index contributed by atoms with van der Waals surface area (Å²) in [6.45, 7) is 3.05. The number of benzene rings is 1. The van der Waals surface area contributed by atoms with Gasteiger partial charge in [-0.2, -0.15) is 0 Å². The van der Waals surface area contributed by atoms with E-state index >= 15 is 0 Å². The molecule has 9 heteroatoms. The topological polar surface area (TPSA) is 73.3 Å². The van der Waals surface area contributed by atoms with Crippen LogP contribution in [0, 0.1) is 0 Å². The molecule has 0 unspecified atom stereocenters. The molecule has 4 rings (SSSR count). The third-order valence-corrected chi connectivity index (χ3v) is 7.44. The van der Waals surface area contributed by atoms with Crippen LogP contribution >= 0.6 is 34.5 Å². The molecule has 3 aromatic rings. The number of aryl methyl sites for hydroxylation is 2. The maximum absolute atomic E-state index is 11.8. The van der Waals surface area contributed by atoms with E-state index in [4.69, 9.17) is 42.6 Å². The first-order valence-electron chi connectivity index (χ1n) is 11.3. The van der Waals surface area contributed by atoms with Crippen LogP contribution < -0.4 is 5.32 Å². The molecule has 1 aliphatic rings. The number of halogens is 2. The lowest BCUT2D eigenvalue weighted by atomic mass is 9.97. The van der Waals surface area contributed by atoms with Crippen molar-refractivity contribution in [2.75, 3.05) is 18.5 Å². The molecule has 2 heterocycles. The Kier molecular flexibility index (Phi) is 8.41. The smallest absolute Gasteiger partial charge is 0.332 e. The van der Waals surface area contributed by atoms with Gasteiger partial charge in [-0.05, 0) is 55.4 Å². The van der Waals surface area contributed by atoms with Crippen LogP contribution in [0.5, 0.6) is 0 Å². The van der Waals surface area contributed by atoms with Crippen molar-refractivity contribution in [3.8, 4) is 0 Å². The van der Waals surface area contributed by atoms with Crippen molar-refractivity contribution < 1.29 is 14.3 Å². The van der Waals surface area contributed by atoms with Crippen LogP contribution in [0.1, 0.15) is 54.4 Å². The monoisotopic (exact) mass is 507 g/mol. The highest BCUT2D eigenvalue weighted by Crippen LogP contribution is 2.39. The van der Waals surface area contributed by atoms with E-state index in [-0.39, 0.29) is 19.2 Å². The fraction of sp³-hybridized carbons (Fsp3) is 0.458. The van der Waals surface area contributed by atoms with Gasteiger partial charge in [-0.3, -0.25) is 0 Å². The third kappa shape index (κ3) is 6.15. The molecule has 1 N–H and O–H groups in total. The Hall–Kier alpha value is -1.93. The van der Waals surface area contributed by atoms with Gasteiger partial charge in [0.25, 0.3) is 0 Å². The second-order valence-corrected chi connectivity index (χ2v) is 9.95. The van der Waals surface area contributed by atoms with Crippen molar-refractivity contribution in [1.29, 1.82) is 0 Å². The van der Waals surface area contributed by atoms with E-state index in [0.717, 1.165) is 47.3 Å². The quantitative estimate of drug-likeness (QED) is 0.254. The Bertz CT molecular complexity index is 1140. The Balaban J connectivity index is 1.52. The molecule has 0 bridgehead atoms. The molecule has 0 saturated carbocycles. The standard InChI is InChI=1S/C24H27Cl2N3O3S/c1-2-3-10-32-21(30)14-31-13-20-28-23(27-12-15-8-9-17(25)18(26)11-15)22-16-6-4-5-7-19(16)33-24(22)29-20/h8-9,11H,2-7,10,12-14H2,1H3,(H,27,28,29). The highest BCUT2D eigenvalue weighted by molar-refractivity contribution is 7.19. The molecule has 1 aromatic carbocycles. The van der Waals surface area contributed by atoms with Crippen molar-refractivity contribution >= 4 is 56.5 Å². The van der Waals surface area contributed by atoms with E-state index < -0.39 is 0 Å². The first kappa shape index (κ1) is 24.2. The zero-order chi connectivity index (χ0) is 23.2. The first-order valence-corrected chi connectivity index (χ1v) is 12.8. The molecule has 0 spiro atoms. The van der Waals surface area contributed by atoms with E-state index in [0.29, 0.717) is 29.0 Å². The predicted octanol–water partition coefficient (Wildman–Crippen LogP) is 6.35. The number of carbonyl (C=O) groups is 1. The van der Waals surface area contributed by atoms with Gasteiger partial charge in [0.2, 0.25) is 0 Å². The maximum atomic E-state index is 11.8. The summed E-state index contributed by atoms with van der Waals surface area (Å²) < 4.78 is 10.7. The highest BCUT2D eigenvalue weighted by atomic mass is 35.5. The minimum atomic E-state index is -0.367. The molecule has 2 aromatic heterocycles. The van der Waals surface area contributed by atoms with Gasteiger partial charge in [-0.1, -0.05) is 42.6 Å². The highest BCUT2D eigenvalue weighted by Gasteiger charge is 2.21. The number of aromatic nitrogens is 2. The third-order valence-electron chi connectivity index (χ3n) is 5.52. The molecule has 0 radical (unpaired) electrons. The van der Waals surface area contributed by atoms with Gasteiger partial charge in [-0.15, -0.1) is 11.3 Å². The normalized spacial score (nSPS) is 13.2. The number of esters is 1. The molecule has 6 nitrogen and oxygen atoms in total. The summed E-state index contributed by atoms with van der Waals surface area (Å²) in [5.41, 5.74) is 2.36. The molecular formula is C24H27Cl2N3O3S. The van der Waals surface area contributed by atoms with Crippen LogP contribution in [0.15, 0.2) is 18.2 Å². The number of nitrogens with one attached hydrogen (secondary N) is 1. The predicted molar refractivity (Wildman–Crippen MR) is 133 cm³/mol. The van der Waals surface area contributed by atoms with Crippen LogP contribution in [-0.4, -0.2) is 29.2 Å². The van der Waals surface area contributed by atoms with Crippen LogP contribution in [0.25, 0.3) is 10.2 Å². The number of hydrogen-bond donors (Lipinski definition) is 1. The van der Waals surface area contributed by atoms with E-state index in [1.807, 2.05) is 19.1 Å². The molecule has 0 atom stereocenters. The largest absolute Gasteiger partial charge is 0.464 e. The second kappa shape index (κ2) is 11.5. The van der Waals surface area contributed by atoms with Gasteiger partial charge in [-0.25, -0.2) is 14.8 Å². The Morgan fingerprint density at radius 3 is 2.85 bits per heavy atom. The zero-order valence-corrected chi connectivity index (χ0v) is 20.9. The summed E-state index contributed by atoms with van der Waals surface area (Å²) in [5, 5.41) is 5.62. The fourth-order valence-corrected chi connectivity index (χ4v) is 5.43. The van der Waals surface area contributed by atoms with Crippen LogP contribution in [0.2, 0.25) is 10.0 Å². The zero-order valence-electron chi connectivity index (χ0n) is 18.6. The number of anilines is 1. The van der Waals surface area contributed by atoms with Crippen molar-refractivity contribution in [2.45, 2.75) is 58.6 Å². The lowest BCUT2D eigenvalue weighted by molar-refractivity contribution is -0.149. The first-order chi connectivity index (χ1) is 16.0. The van der Waals surface area contributed by atoms with E-state index in [9.17, 15) is 4.79 Å². The molecule has 33 heavy (non-hydrogen) atoms. The molecule has 0 saturated heterocycles. The maximum Gasteiger partial charge on any atom is 0.332 e. The van der Waals surface area contributed by atoms with Crippen molar-refractivity contribution in [3.05, 3.63) is 50.1 Å². The molecule has 0 fully saturated rings. The van der Waals surface area contributed by atoms with Gasteiger partial charge < -0.3 is 14.8 Å². The van der Waals surface area contributed by atoms with Gasteiger partial charge >= 0.3 is 5.97 Å². The summed E-state index contributed by atoms with van der Waals surface area (Å²) in [5.74, 6) is 0.961. The number of ether oxygens (including phenoxy) is 2. The van der Waals surface area contributed by atoms with Crippen LogP contribution in [-0.2, 0) is 40.3 Å². The van der Waals surface area contributed by atoms with Gasteiger partial charge in [0.1, 0.15) is 23.9 Å². The number of thiophene rings is 1. The molecule has 0 amide bonds. The number of hydrogen-bond acceptors (Lipinski definition) is 7. The average Bonchev–Trinajstić information content (AvgIpc) is 3.18. The number of nitrogens with zero attached hydrogens (tertiary/aromatic N) is 2. The minimum Gasteiger partial charge on any atom is -0.464 e. The molecular weight excluding hydrogens is 481 g/mol. The van der Waals surface area contributed by atoms with Gasteiger partial charge in [0.05, 0.1) is 22.0 Å². The average molecular weight is 508 g/mol.